The molecule has 1 aromatic heterocycles. The van der Waals surface area contributed by atoms with E-state index in [0.717, 1.165) is 17.0 Å². The van der Waals surface area contributed by atoms with Gasteiger partial charge in [0.15, 0.2) is 0 Å². The van der Waals surface area contributed by atoms with E-state index in [1.54, 1.807) is 16.8 Å². The Bertz CT molecular complexity index is 718. The molecule has 0 saturated heterocycles. The van der Waals surface area contributed by atoms with Gasteiger partial charge in [0.1, 0.15) is 31.6 Å². The number of benzene rings is 1. The second-order valence-corrected chi connectivity index (χ2v) is 5.75. The van der Waals surface area contributed by atoms with Gasteiger partial charge >= 0.3 is 0 Å². The van der Waals surface area contributed by atoms with Crippen LogP contribution in [0.25, 0.3) is 0 Å². The lowest BCUT2D eigenvalue weighted by atomic mass is 10.1. The second-order valence-electron chi connectivity index (χ2n) is 5.48. The molecule has 0 spiro atoms. The third-order valence-electron chi connectivity index (χ3n) is 3.60. The summed E-state index contributed by atoms with van der Waals surface area (Å²) in [5.74, 6) is 0.00665. The first-order valence-corrected chi connectivity index (χ1v) is 8.17. The van der Waals surface area contributed by atoms with Gasteiger partial charge in [-0.2, -0.15) is 5.10 Å². The van der Waals surface area contributed by atoms with Crippen molar-refractivity contribution in [2.24, 2.45) is 0 Å². The van der Waals surface area contributed by atoms with Crippen molar-refractivity contribution in [2.45, 2.75) is 27.4 Å². The summed E-state index contributed by atoms with van der Waals surface area (Å²) in [5, 5.41) is 4.39. The minimum absolute atomic E-state index is 0.0702. The molecule has 1 amide bonds. The highest BCUT2D eigenvalue weighted by Crippen LogP contribution is 2.33. The van der Waals surface area contributed by atoms with Crippen LogP contribution in [0.5, 0.6) is 5.75 Å². The fourth-order valence-corrected chi connectivity index (χ4v) is 2.69. The van der Waals surface area contributed by atoms with Crippen LogP contribution in [0, 0.1) is 20.8 Å². The summed E-state index contributed by atoms with van der Waals surface area (Å²) in [6.07, 6.45) is 0. The van der Waals surface area contributed by atoms with E-state index < -0.39 is 6.67 Å². The molecule has 0 aliphatic heterocycles. The highest BCUT2D eigenvalue weighted by atomic mass is 35.5. The number of carbonyl (C=O) groups is 1. The standard InChI is InChI=1S/C17H21ClFN3O2/c1-12-5-4-6-15(24-8-7-19)17(12)21(16(23)10-18)11-22-14(3)9-13(2)20-22/h4-6,9H,7-8,10-11H2,1-3H3. The SMILES string of the molecule is Cc1cc(C)n(CN(C(=O)CCl)c2c(C)cccc2OCCF)n1. The molecule has 0 aliphatic rings. The van der Waals surface area contributed by atoms with Crippen LogP contribution in [0.3, 0.4) is 0 Å². The number of aryl methyl sites for hydroxylation is 3. The number of nitrogens with zero attached hydrogens (tertiary/aromatic N) is 3. The number of amides is 1. The number of para-hydroxylation sites is 1. The number of anilines is 1. The normalized spacial score (nSPS) is 10.7. The molecule has 7 heteroatoms. The second kappa shape index (κ2) is 8.15. The van der Waals surface area contributed by atoms with E-state index in [1.165, 1.54) is 4.90 Å². The van der Waals surface area contributed by atoms with Gasteiger partial charge in [-0.25, -0.2) is 9.07 Å². The maximum absolute atomic E-state index is 12.5. The Morgan fingerprint density at radius 2 is 2.12 bits per heavy atom. The van der Waals surface area contributed by atoms with E-state index in [2.05, 4.69) is 5.10 Å². The fraction of sp³-hybridized carbons (Fsp3) is 0.412. The Labute approximate surface area is 146 Å². The Kier molecular flexibility index (Phi) is 6.20. The topological polar surface area (TPSA) is 47.4 Å². The maximum atomic E-state index is 12.5. The van der Waals surface area contributed by atoms with E-state index in [1.807, 2.05) is 32.9 Å². The lowest BCUT2D eigenvalue weighted by Gasteiger charge is -2.26. The van der Waals surface area contributed by atoms with E-state index in [4.69, 9.17) is 16.3 Å². The van der Waals surface area contributed by atoms with E-state index in [9.17, 15) is 9.18 Å². The lowest BCUT2D eigenvalue weighted by molar-refractivity contribution is -0.116. The lowest BCUT2D eigenvalue weighted by Crippen LogP contribution is -2.35. The van der Waals surface area contributed by atoms with Crippen molar-refractivity contribution in [3.8, 4) is 5.75 Å². The molecule has 1 heterocycles. The van der Waals surface area contributed by atoms with Crippen molar-refractivity contribution in [2.75, 3.05) is 24.1 Å². The van der Waals surface area contributed by atoms with Gasteiger partial charge in [-0.1, -0.05) is 12.1 Å². The predicted octanol–water partition coefficient (Wildman–Crippen LogP) is 3.39. The Hall–Kier alpha value is -2.08. The van der Waals surface area contributed by atoms with Crippen molar-refractivity contribution in [1.82, 2.24) is 9.78 Å². The Morgan fingerprint density at radius 3 is 2.71 bits per heavy atom. The average Bonchev–Trinajstić information content (AvgIpc) is 2.88. The summed E-state index contributed by atoms with van der Waals surface area (Å²) in [4.78, 5) is 14.0. The molecule has 24 heavy (non-hydrogen) atoms. The number of aromatic nitrogens is 2. The van der Waals surface area contributed by atoms with Gasteiger partial charge in [0.2, 0.25) is 5.91 Å². The van der Waals surface area contributed by atoms with Gasteiger partial charge in [0.25, 0.3) is 0 Å². The van der Waals surface area contributed by atoms with Gasteiger partial charge in [0, 0.05) is 5.69 Å². The van der Waals surface area contributed by atoms with Gasteiger partial charge < -0.3 is 4.74 Å². The number of alkyl halides is 2. The monoisotopic (exact) mass is 353 g/mol. The van der Waals surface area contributed by atoms with Crippen molar-refractivity contribution >= 4 is 23.2 Å². The summed E-state index contributed by atoms with van der Waals surface area (Å²) in [6, 6.07) is 7.32. The average molecular weight is 354 g/mol. The van der Waals surface area contributed by atoms with Gasteiger partial charge in [-0.05, 0) is 38.5 Å². The number of rotatable bonds is 7. The number of carbonyl (C=O) groups excluding carboxylic acids is 1. The quantitative estimate of drug-likeness (QED) is 0.717. The van der Waals surface area contributed by atoms with Gasteiger partial charge in [-0.15, -0.1) is 11.6 Å². The van der Waals surface area contributed by atoms with Crippen LogP contribution >= 0.6 is 11.6 Å². The van der Waals surface area contributed by atoms with Crippen LogP contribution in [0.2, 0.25) is 0 Å². The molecule has 0 aliphatic carbocycles. The first-order chi connectivity index (χ1) is 11.5. The first-order valence-electron chi connectivity index (χ1n) is 7.63. The third kappa shape index (κ3) is 4.06. The molecule has 0 radical (unpaired) electrons. The Morgan fingerprint density at radius 1 is 1.38 bits per heavy atom. The predicted molar refractivity (Wildman–Crippen MR) is 92.6 cm³/mol. The maximum Gasteiger partial charge on any atom is 0.243 e. The van der Waals surface area contributed by atoms with Crippen molar-refractivity contribution in [1.29, 1.82) is 0 Å². The van der Waals surface area contributed by atoms with Gasteiger partial charge in [0.05, 0.1) is 11.4 Å². The first kappa shape index (κ1) is 18.3. The van der Waals surface area contributed by atoms with Crippen molar-refractivity contribution < 1.29 is 13.9 Å². The van der Waals surface area contributed by atoms with Crippen LogP contribution in [-0.2, 0) is 11.5 Å². The van der Waals surface area contributed by atoms with Crippen LogP contribution in [0.4, 0.5) is 10.1 Å². The number of hydrogen-bond acceptors (Lipinski definition) is 3. The van der Waals surface area contributed by atoms with Crippen LogP contribution < -0.4 is 9.64 Å². The largest absolute Gasteiger partial charge is 0.489 e. The summed E-state index contributed by atoms with van der Waals surface area (Å²) in [6.45, 7) is 5.21. The number of ether oxygens (including phenoxy) is 1. The fourth-order valence-electron chi connectivity index (χ4n) is 2.54. The molecule has 5 nitrogen and oxygen atoms in total. The third-order valence-corrected chi connectivity index (χ3v) is 3.83. The van der Waals surface area contributed by atoms with Crippen LogP contribution in [-0.4, -0.2) is 34.8 Å². The van der Waals surface area contributed by atoms with E-state index in [0.29, 0.717) is 11.4 Å². The van der Waals surface area contributed by atoms with E-state index >= 15 is 0 Å². The molecule has 0 bridgehead atoms. The van der Waals surface area contributed by atoms with E-state index in [-0.39, 0.29) is 25.1 Å². The summed E-state index contributed by atoms with van der Waals surface area (Å²) >= 11 is 5.80. The molecule has 0 N–H and O–H groups in total. The highest BCUT2D eigenvalue weighted by Gasteiger charge is 2.22. The molecule has 0 fully saturated rings. The molecular weight excluding hydrogens is 333 g/mol. The zero-order valence-electron chi connectivity index (χ0n) is 14.1. The van der Waals surface area contributed by atoms with Crippen molar-refractivity contribution in [3.63, 3.8) is 0 Å². The molecule has 0 saturated carbocycles. The molecular formula is C17H21ClFN3O2. The molecule has 0 unspecified atom stereocenters. The molecule has 2 rings (SSSR count). The smallest absolute Gasteiger partial charge is 0.243 e. The summed E-state index contributed by atoms with van der Waals surface area (Å²) in [7, 11) is 0. The number of hydrogen-bond donors (Lipinski definition) is 0. The van der Waals surface area contributed by atoms with Crippen molar-refractivity contribution in [3.05, 3.63) is 41.2 Å². The highest BCUT2D eigenvalue weighted by molar-refractivity contribution is 6.29. The zero-order chi connectivity index (χ0) is 17.7. The van der Waals surface area contributed by atoms with Gasteiger partial charge in [-0.3, -0.25) is 9.69 Å². The Balaban J connectivity index is 2.44. The molecule has 1 aromatic carbocycles. The van der Waals surface area contributed by atoms with Crippen LogP contribution in [0.15, 0.2) is 24.3 Å². The van der Waals surface area contributed by atoms with Crippen LogP contribution in [0.1, 0.15) is 17.0 Å². The molecule has 0 atom stereocenters. The zero-order valence-corrected chi connectivity index (χ0v) is 14.8. The minimum atomic E-state index is -0.603. The minimum Gasteiger partial charge on any atom is -0.489 e. The summed E-state index contributed by atoms with van der Waals surface area (Å²) in [5.41, 5.74) is 3.22. The number of halogens is 2. The molecule has 2 aromatic rings. The summed E-state index contributed by atoms with van der Waals surface area (Å²) < 4.78 is 19.7. The molecule has 130 valence electrons.